The van der Waals surface area contributed by atoms with Crippen LogP contribution in [0, 0.1) is 5.92 Å². The SMILES string of the molecule is O=C1CC(CS(=O)(=O)F)CN1Cc1ccc(Br)nc1. The lowest BCUT2D eigenvalue weighted by atomic mass is 10.1. The third-order valence-corrected chi connectivity index (χ3v) is 4.23. The van der Waals surface area contributed by atoms with Gasteiger partial charge >= 0.3 is 10.2 Å². The molecular formula is C11H12BrFN2O3S. The van der Waals surface area contributed by atoms with Crippen LogP contribution in [0.3, 0.4) is 0 Å². The number of likely N-dealkylation sites (tertiary alicyclic amines) is 1. The molecule has 2 heterocycles. The number of amides is 1. The Morgan fingerprint density at radius 2 is 2.21 bits per heavy atom. The molecule has 0 aliphatic carbocycles. The third-order valence-electron chi connectivity index (χ3n) is 2.89. The van der Waals surface area contributed by atoms with Crippen molar-refractivity contribution in [2.24, 2.45) is 5.92 Å². The molecule has 0 saturated carbocycles. The van der Waals surface area contributed by atoms with E-state index in [0.717, 1.165) is 5.56 Å². The predicted molar refractivity (Wildman–Crippen MR) is 70.4 cm³/mol. The number of aromatic nitrogens is 1. The van der Waals surface area contributed by atoms with Gasteiger partial charge in [0.2, 0.25) is 5.91 Å². The van der Waals surface area contributed by atoms with Crippen LogP contribution in [0.4, 0.5) is 3.89 Å². The van der Waals surface area contributed by atoms with E-state index < -0.39 is 21.9 Å². The number of nitrogens with zero attached hydrogens (tertiary/aromatic N) is 2. The summed E-state index contributed by atoms with van der Waals surface area (Å²) in [6, 6.07) is 3.59. The monoisotopic (exact) mass is 350 g/mol. The Morgan fingerprint density at radius 3 is 2.79 bits per heavy atom. The van der Waals surface area contributed by atoms with Crippen LogP contribution in [0.1, 0.15) is 12.0 Å². The molecule has 0 radical (unpaired) electrons. The summed E-state index contributed by atoms with van der Waals surface area (Å²) in [6.45, 7) is 0.625. The number of hydrogen-bond acceptors (Lipinski definition) is 4. The average Bonchev–Trinajstić information content (AvgIpc) is 2.60. The maximum Gasteiger partial charge on any atom is 0.302 e. The van der Waals surface area contributed by atoms with Crippen LogP contribution < -0.4 is 0 Å². The summed E-state index contributed by atoms with van der Waals surface area (Å²) in [6.07, 6.45) is 1.71. The summed E-state index contributed by atoms with van der Waals surface area (Å²) in [5.41, 5.74) is 0.848. The van der Waals surface area contributed by atoms with Crippen molar-refractivity contribution < 1.29 is 17.1 Å². The molecule has 1 saturated heterocycles. The quantitative estimate of drug-likeness (QED) is 0.609. The van der Waals surface area contributed by atoms with Crippen LogP contribution in [0.2, 0.25) is 0 Å². The van der Waals surface area contributed by atoms with Crippen molar-refractivity contribution in [3.05, 3.63) is 28.5 Å². The molecule has 8 heteroatoms. The van der Waals surface area contributed by atoms with Gasteiger partial charge in [-0.05, 0) is 27.6 Å². The number of pyridine rings is 1. The van der Waals surface area contributed by atoms with E-state index in [-0.39, 0.29) is 18.9 Å². The van der Waals surface area contributed by atoms with Gasteiger partial charge in [-0.2, -0.15) is 8.42 Å². The zero-order chi connectivity index (χ0) is 14.0. The van der Waals surface area contributed by atoms with Gasteiger partial charge in [-0.3, -0.25) is 4.79 Å². The summed E-state index contributed by atoms with van der Waals surface area (Å²) in [5.74, 6) is -1.21. The fourth-order valence-corrected chi connectivity index (χ4v) is 3.14. The molecule has 1 aromatic rings. The first-order valence-electron chi connectivity index (χ1n) is 5.64. The van der Waals surface area contributed by atoms with E-state index in [1.807, 2.05) is 6.07 Å². The molecular weight excluding hydrogens is 339 g/mol. The minimum atomic E-state index is -4.53. The first-order chi connectivity index (χ1) is 8.83. The lowest BCUT2D eigenvalue weighted by Gasteiger charge is -2.16. The zero-order valence-electron chi connectivity index (χ0n) is 9.92. The molecule has 1 aliphatic rings. The standard InChI is InChI=1S/C11H12BrFN2O3S/c12-10-2-1-8(4-14-10)5-15-6-9(3-11(15)16)7-19(13,17)18/h1-2,4,9H,3,5-7H2. The van der Waals surface area contributed by atoms with Crippen molar-refractivity contribution in [1.29, 1.82) is 0 Å². The highest BCUT2D eigenvalue weighted by Crippen LogP contribution is 2.22. The topological polar surface area (TPSA) is 67.3 Å². The number of halogens is 2. The molecule has 1 amide bonds. The third kappa shape index (κ3) is 4.24. The summed E-state index contributed by atoms with van der Waals surface area (Å²) >= 11 is 3.21. The molecule has 0 aromatic carbocycles. The number of rotatable bonds is 4. The smallest absolute Gasteiger partial charge is 0.302 e. The minimum Gasteiger partial charge on any atom is -0.338 e. The Morgan fingerprint density at radius 1 is 1.47 bits per heavy atom. The molecule has 5 nitrogen and oxygen atoms in total. The van der Waals surface area contributed by atoms with Gasteiger partial charge < -0.3 is 4.90 Å². The van der Waals surface area contributed by atoms with Crippen LogP contribution in [-0.2, 0) is 21.6 Å². The summed E-state index contributed by atoms with van der Waals surface area (Å²) in [4.78, 5) is 17.3. The van der Waals surface area contributed by atoms with Gasteiger partial charge in [0.15, 0.2) is 0 Å². The average molecular weight is 351 g/mol. The van der Waals surface area contributed by atoms with Crippen LogP contribution in [0.15, 0.2) is 22.9 Å². The van der Waals surface area contributed by atoms with E-state index >= 15 is 0 Å². The number of carbonyl (C=O) groups excluding carboxylic acids is 1. The van der Waals surface area contributed by atoms with Crippen LogP contribution in [0.5, 0.6) is 0 Å². The van der Waals surface area contributed by atoms with E-state index in [1.165, 1.54) is 4.90 Å². The predicted octanol–water partition coefficient (Wildman–Crippen LogP) is 1.49. The Labute approximate surface area is 119 Å². The van der Waals surface area contributed by atoms with Gasteiger partial charge in [-0.1, -0.05) is 6.07 Å². The Balaban J connectivity index is 1.98. The molecule has 1 atom stereocenters. The van der Waals surface area contributed by atoms with Crippen molar-refractivity contribution in [3.8, 4) is 0 Å². The van der Waals surface area contributed by atoms with Crippen LogP contribution in [0.25, 0.3) is 0 Å². The van der Waals surface area contributed by atoms with Crippen LogP contribution in [-0.4, -0.2) is 36.5 Å². The highest BCUT2D eigenvalue weighted by Gasteiger charge is 2.32. The summed E-state index contributed by atoms with van der Waals surface area (Å²) in [5, 5.41) is 0. The lowest BCUT2D eigenvalue weighted by Crippen LogP contribution is -2.25. The maximum atomic E-state index is 12.6. The molecule has 1 aromatic heterocycles. The molecule has 0 spiro atoms. The largest absolute Gasteiger partial charge is 0.338 e. The van der Waals surface area contributed by atoms with E-state index in [1.54, 1.807) is 12.3 Å². The number of carbonyl (C=O) groups is 1. The second-order valence-corrected chi connectivity index (χ2v) is 6.76. The Hall–Kier alpha value is -1.02. The van der Waals surface area contributed by atoms with Crippen LogP contribution >= 0.6 is 15.9 Å². The summed E-state index contributed by atoms with van der Waals surface area (Å²) in [7, 11) is -4.53. The van der Waals surface area contributed by atoms with E-state index in [9.17, 15) is 17.1 Å². The molecule has 1 unspecified atom stereocenters. The second-order valence-electron chi connectivity index (χ2n) is 4.54. The fourth-order valence-electron chi connectivity index (χ4n) is 2.12. The van der Waals surface area contributed by atoms with Crippen molar-refractivity contribution in [1.82, 2.24) is 9.88 Å². The van der Waals surface area contributed by atoms with Gasteiger partial charge in [0.05, 0.1) is 5.75 Å². The fraction of sp³-hybridized carbons (Fsp3) is 0.455. The second kappa shape index (κ2) is 5.54. The van der Waals surface area contributed by atoms with E-state index in [2.05, 4.69) is 20.9 Å². The maximum absolute atomic E-state index is 12.6. The highest BCUT2D eigenvalue weighted by molar-refractivity contribution is 9.10. The molecule has 2 rings (SSSR count). The molecule has 19 heavy (non-hydrogen) atoms. The van der Waals surface area contributed by atoms with Crippen molar-refractivity contribution in [2.45, 2.75) is 13.0 Å². The molecule has 0 N–H and O–H groups in total. The van der Waals surface area contributed by atoms with Gasteiger partial charge in [0.25, 0.3) is 0 Å². The normalized spacial score (nSPS) is 20.0. The molecule has 104 valence electrons. The van der Waals surface area contributed by atoms with E-state index in [4.69, 9.17) is 0 Å². The Kier molecular flexibility index (Phi) is 4.19. The minimum absolute atomic E-state index is 0.0765. The van der Waals surface area contributed by atoms with Gasteiger partial charge in [-0.25, -0.2) is 4.98 Å². The number of hydrogen-bond donors (Lipinski definition) is 0. The van der Waals surface area contributed by atoms with Gasteiger partial charge in [0.1, 0.15) is 4.60 Å². The van der Waals surface area contributed by atoms with Gasteiger partial charge in [-0.15, -0.1) is 3.89 Å². The Bertz CT molecular complexity index is 576. The highest BCUT2D eigenvalue weighted by atomic mass is 79.9. The van der Waals surface area contributed by atoms with Crippen molar-refractivity contribution >= 4 is 32.1 Å². The summed E-state index contributed by atoms with van der Waals surface area (Å²) < 4.78 is 34.5. The van der Waals surface area contributed by atoms with Crippen molar-refractivity contribution in [3.63, 3.8) is 0 Å². The lowest BCUT2D eigenvalue weighted by molar-refractivity contribution is -0.128. The zero-order valence-corrected chi connectivity index (χ0v) is 12.3. The van der Waals surface area contributed by atoms with E-state index in [0.29, 0.717) is 11.1 Å². The molecule has 1 fully saturated rings. The molecule has 0 bridgehead atoms. The molecule has 1 aliphatic heterocycles. The first-order valence-corrected chi connectivity index (χ1v) is 7.98. The first kappa shape index (κ1) is 14.4. The van der Waals surface area contributed by atoms with Crippen molar-refractivity contribution in [2.75, 3.05) is 12.3 Å². The van der Waals surface area contributed by atoms with Gasteiger partial charge in [0, 0.05) is 31.6 Å².